The molecule has 0 aromatic heterocycles. The highest BCUT2D eigenvalue weighted by atomic mass is 28.3. The summed E-state index contributed by atoms with van der Waals surface area (Å²) < 4.78 is 0. The third-order valence-corrected chi connectivity index (χ3v) is 6.07. The molecule has 2 rings (SSSR count). The number of hydrogen-bond acceptors (Lipinski definition) is 0. The van der Waals surface area contributed by atoms with Gasteiger partial charge in [-0.05, 0) is 30.2 Å². The Kier molecular flexibility index (Phi) is 1.54. The molecule has 0 radical (unpaired) electrons. The Hall–Kier alpha value is -0.0431. The van der Waals surface area contributed by atoms with E-state index in [-0.39, 0.29) is 0 Å². The van der Waals surface area contributed by atoms with E-state index in [4.69, 9.17) is 0 Å². The molecule has 3 unspecified atom stereocenters. The smallest absolute Gasteiger partial charge is 0.0483 e. The Labute approximate surface area is 70.7 Å². The number of allylic oxidation sites excluding steroid dienone is 2. The second-order valence-electron chi connectivity index (χ2n) is 5.14. The van der Waals surface area contributed by atoms with Crippen LogP contribution >= 0.6 is 0 Å². The van der Waals surface area contributed by atoms with Gasteiger partial charge in [-0.25, -0.2) is 0 Å². The Bertz CT molecular complexity index is 188. The van der Waals surface area contributed by atoms with Gasteiger partial charge in [0.15, 0.2) is 0 Å². The molecule has 0 aromatic rings. The molecule has 0 amide bonds. The maximum Gasteiger partial charge on any atom is 0.0483 e. The number of hydrogen-bond donors (Lipinski definition) is 0. The first kappa shape index (κ1) is 7.60. The zero-order chi connectivity index (χ0) is 8.06. The van der Waals surface area contributed by atoms with E-state index >= 15 is 0 Å². The molecule has 0 N–H and O–H groups in total. The van der Waals surface area contributed by atoms with Crippen LogP contribution in [0.2, 0.25) is 25.2 Å². The fraction of sp³-hybridized carbons (Fsp3) is 0.800. The molecule has 0 nitrogen and oxygen atoms in total. The molecule has 1 saturated carbocycles. The SMILES string of the molecule is C[Si](C)(C)C1C2C=CCCC21. The van der Waals surface area contributed by atoms with Crippen molar-refractivity contribution in [2.45, 2.75) is 38.0 Å². The standard InChI is InChI=1S/C10H18Si/c1-11(2,3)10-8-6-4-5-7-9(8)10/h4,6,8-10H,5,7H2,1-3H3. The van der Waals surface area contributed by atoms with Crippen LogP contribution < -0.4 is 0 Å². The third-order valence-electron chi connectivity index (χ3n) is 3.25. The molecule has 62 valence electrons. The molecule has 0 aliphatic heterocycles. The number of fused-ring (bicyclic) bond motifs is 1. The lowest BCUT2D eigenvalue weighted by Crippen LogP contribution is -2.21. The lowest BCUT2D eigenvalue weighted by Gasteiger charge is -2.15. The summed E-state index contributed by atoms with van der Waals surface area (Å²) in [6.07, 6.45) is 7.70. The van der Waals surface area contributed by atoms with Crippen LogP contribution in [-0.2, 0) is 0 Å². The predicted octanol–water partition coefficient (Wildman–Crippen LogP) is 3.29. The summed E-state index contributed by atoms with van der Waals surface area (Å²) in [4.78, 5) is 0. The van der Waals surface area contributed by atoms with Crippen molar-refractivity contribution in [2.24, 2.45) is 11.8 Å². The largest absolute Gasteiger partial charge is 0.0882 e. The minimum atomic E-state index is -0.803. The molecule has 0 spiro atoms. The van der Waals surface area contributed by atoms with Gasteiger partial charge >= 0.3 is 0 Å². The molecule has 2 aliphatic carbocycles. The highest BCUT2D eigenvalue weighted by Gasteiger charge is 2.54. The lowest BCUT2D eigenvalue weighted by molar-refractivity contribution is 0.681. The van der Waals surface area contributed by atoms with Gasteiger partial charge in [-0.2, -0.15) is 0 Å². The highest BCUT2D eigenvalue weighted by molar-refractivity contribution is 6.78. The summed E-state index contributed by atoms with van der Waals surface area (Å²) >= 11 is 0. The monoisotopic (exact) mass is 166 g/mol. The highest BCUT2D eigenvalue weighted by Crippen LogP contribution is 2.62. The average molecular weight is 166 g/mol. The van der Waals surface area contributed by atoms with Gasteiger partial charge in [0.05, 0.1) is 0 Å². The minimum absolute atomic E-state index is 0.803. The van der Waals surface area contributed by atoms with Crippen LogP contribution in [0, 0.1) is 11.8 Å². The Balaban J connectivity index is 2.08. The first-order chi connectivity index (χ1) is 5.11. The van der Waals surface area contributed by atoms with Gasteiger partial charge in [0.2, 0.25) is 0 Å². The van der Waals surface area contributed by atoms with E-state index in [9.17, 15) is 0 Å². The van der Waals surface area contributed by atoms with E-state index in [1.807, 2.05) is 0 Å². The Morgan fingerprint density at radius 1 is 1.27 bits per heavy atom. The molecule has 0 saturated heterocycles. The predicted molar refractivity (Wildman–Crippen MR) is 52.5 cm³/mol. The quantitative estimate of drug-likeness (QED) is 0.414. The molecule has 0 bridgehead atoms. The normalized spacial score (nSPS) is 41.9. The molecular weight excluding hydrogens is 148 g/mol. The number of rotatable bonds is 1. The van der Waals surface area contributed by atoms with Gasteiger partial charge in [0, 0.05) is 8.07 Å². The zero-order valence-corrected chi connectivity index (χ0v) is 8.80. The van der Waals surface area contributed by atoms with Crippen LogP contribution in [0.1, 0.15) is 12.8 Å². The molecule has 1 heteroatoms. The van der Waals surface area contributed by atoms with Gasteiger partial charge in [0.1, 0.15) is 0 Å². The summed E-state index contributed by atoms with van der Waals surface area (Å²) in [5, 5.41) is 0. The van der Waals surface area contributed by atoms with Crippen molar-refractivity contribution in [3.05, 3.63) is 12.2 Å². The van der Waals surface area contributed by atoms with Crippen LogP contribution in [0.3, 0.4) is 0 Å². The van der Waals surface area contributed by atoms with Crippen LogP contribution in [0.5, 0.6) is 0 Å². The Morgan fingerprint density at radius 2 is 2.00 bits per heavy atom. The Morgan fingerprint density at radius 3 is 2.45 bits per heavy atom. The summed E-state index contributed by atoms with van der Waals surface area (Å²) in [6.45, 7) is 7.55. The summed E-state index contributed by atoms with van der Waals surface area (Å²) in [7, 11) is -0.803. The average Bonchev–Trinajstić information content (AvgIpc) is 2.58. The summed E-state index contributed by atoms with van der Waals surface area (Å²) in [6, 6.07) is 0. The molecule has 3 atom stereocenters. The van der Waals surface area contributed by atoms with E-state index in [0.29, 0.717) is 0 Å². The van der Waals surface area contributed by atoms with Crippen molar-refractivity contribution in [2.75, 3.05) is 0 Å². The zero-order valence-electron chi connectivity index (χ0n) is 7.80. The first-order valence-corrected chi connectivity index (χ1v) is 8.35. The van der Waals surface area contributed by atoms with Gasteiger partial charge < -0.3 is 0 Å². The van der Waals surface area contributed by atoms with Crippen LogP contribution in [-0.4, -0.2) is 8.07 Å². The fourth-order valence-electron chi connectivity index (χ4n) is 2.80. The molecule has 11 heavy (non-hydrogen) atoms. The molecule has 0 heterocycles. The van der Waals surface area contributed by atoms with Crippen molar-refractivity contribution < 1.29 is 0 Å². The maximum absolute atomic E-state index is 2.52. The topological polar surface area (TPSA) is 0 Å². The second-order valence-corrected chi connectivity index (χ2v) is 10.5. The maximum atomic E-state index is 2.52. The van der Waals surface area contributed by atoms with E-state index in [2.05, 4.69) is 31.8 Å². The van der Waals surface area contributed by atoms with Gasteiger partial charge in [-0.15, -0.1) is 0 Å². The van der Waals surface area contributed by atoms with Crippen molar-refractivity contribution in [3.8, 4) is 0 Å². The third kappa shape index (κ3) is 1.20. The summed E-state index contributed by atoms with van der Waals surface area (Å²) in [5.41, 5.74) is 1.13. The molecule has 1 fully saturated rings. The molecular formula is C10H18Si. The summed E-state index contributed by atoms with van der Waals surface area (Å²) in [5.74, 6) is 2.11. The van der Waals surface area contributed by atoms with Crippen LogP contribution in [0.25, 0.3) is 0 Å². The lowest BCUT2D eigenvalue weighted by atomic mass is 10.1. The fourth-order valence-corrected chi connectivity index (χ4v) is 5.87. The second kappa shape index (κ2) is 2.22. The van der Waals surface area contributed by atoms with Gasteiger partial charge in [0.25, 0.3) is 0 Å². The van der Waals surface area contributed by atoms with Crippen LogP contribution in [0.15, 0.2) is 12.2 Å². The van der Waals surface area contributed by atoms with E-state index in [1.54, 1.807) is 0 Å². The van der Waals surface area contributed by atoms with Crippen LogP contribution in [0.4, 0.5) is 0 Å². The van der Waals surface area contributed by atoms with E-state index in [0.717, 1.165) is 17.4 Å². The van der Waals surface area contributed by atoms with Gasteiger partial charge in [-0.3, -0.25) is 0 Å². The van der Waals surface area contributed by atoms with Crippen molar-refractivity contribution in [1.82, 2.24) is 0 Å². The van der Waals surface area contributed by atoms with Crippen molar-refractivity contribution in [1.29, 1.82) is 0 Å². The first-order valence-electron chi connectivity index (χ1n) is 4.77. The molecule has 0 aromatic carbocycles. The molecule has 2 aliphatic rings. The van der Waals surface area contributed by atoms with Crippen molar-refractivity contribution in [3.63, 3.8) is 0 Å². The minimum Gasteiger partial charge on any atom is -0.0882 e. The van der Waals surface area contributed by atoms with E-state index < -0.39 is 8.07 Å². The van der Waals surface area contributed by atoms with Gasteiger partial charge in [-0.1, -0.05) is 31.8 Å². The van der Waals surface area contributed by atoms with E-state index in [1.165, 1.54) is 12.8 Å². The van der Waals surface area contributed by atoms with Crippen molar-refractivity contribution >= 4 is 8.07 Å².